The Balaban J connectivity index is 1.83. The summed E-state index contributed by atoms with van der Waals surface area (Å²) in [7, 11) is 0. The van der Waals surface area contributed by atoms with E-state index in [-0.39, 0.29) is 0 Å². The Labute approximate surface area is 136 Å². The van der Waals surface area contributed by atoms with Gasteiger partial charge in [-0.05, 0) is 56.7 Å². The fourth-order valence-electron chi connectivity index (χ4n) is 3.89. The van der Waals surface area contributed by atoms with Crippen LogP contribution in [0.1, 0.15) is 56.3 Å². The van der Waals surface area contributed by atoms with Crippen molar-refractivity contribution >= 4 is 22.9 Å². The summed E-state index contributed by atoms with van der Waals surface area (Å²) in [5.74, 6) is 2.52. The molecule has 2 saturated heterocycles. The zero-order valence-electron chi connectivity index (χ0n) is 13.2. The standard InChI is InChI=1S/C17H24N4S/c1-2-20-11-4-3-8-14(20)17-19-13-7-5-10-18-16(13)21(17)15-9-6-12-22-15/h5,7,10,14-15H,2-4,6,8-9,11-12H2,1H3. The van der Waals surface area contributed by atoms with Crippen LogP contribution in [-0.2, 0) is 0 Å². The Morgan fingerprint density at radius 2 is 2.23 bits per heavy atom. The molecule has 4 heterocycles. The molecule has 2 unspecified atom stereocenters. The first kappa shape index (κ1) is 14.5. The number of hydrogen-bond acceptors (Lipinski definition) is 4. The lowest BCUT2D eigenvalue weighted by molar-refractivity contribution is 0.147. The maximum absolute atomic E-state index is 5.02. The lowest BCUT2D eigenvalue weighted by Gasteiger charge is -2.35. The topological polar surface area (TPSA) is 34.0 Å². The van der Waals surface area contributed by atoms with Crippen molar-refractivity contribution in [1.82, 2.24) is 19.4 Å². The van der Waals surface area contributed by atoms with E-state index in [9.17, 15) is 0 Å². The first-order valence-corrected chi connectivity index (χ1v) is 9.62. The van der Waals surface area contributed by atoms with Crippen molar-refractivity contribution in [3.63, 3.8) is 0 Å². The van der Waals surface area contributed by atoms with Crippen LogP contribution in [0.2, 0.25) is 0 Å². The Morgan fingerprint density at radius 1 is 1.27 bits per heavy atom. The third-order valence-electron chi connectivity index (χ3n) is 4.99. The van der Waals surface area contributed by atoms with Crippen LogP contribution in [0.3, 0.4) is 0 Å². The summed E-state index contributed by atoms with van der Waals surface area (Å²) in [6.45, 7) is 4.59. The molecule has 2 atom stereocenters. The van der Waals surface area contributed by atoms with Gasteiger partial charge in [0.1, 0.15) is 11.3 Å². The monoisotopic (exact) mass is 316 g/mol. The van der Waals surface area contributed by atoms with Gasteiger partial charge in [0.05, 0.1) is 11.4 Å². The fraction of sp³-hybridized carbons (Fsp3) is 0.647. The van der Waals surface area contributed by atoms with Gasteiger partial charge in [-0.3, -0.25) is 9.47 Å². The third kappa shape index (κ3) is 2.44. The van der Waals surface area contributed by atoms with E-state index in [4.69, 9.17) is 4.98 Å². The van der Waals surface area contributed by atoms with Crippen LogP contribution in [0.4, 0.5) is 0 Å². The zero-order chi connectivity index (χ0) is 14.9. The molecule has 0 bridgehead atoms. The highest BCUT2D eigenvalue weighted by molar-refractivity contribution is 7.99. The molecule has 0 aliphatic carbocycles. The van der Waals surface area contributed by atoms with Crippen molar-refractivity contribution in [1.29, 1.82) is 0 Å². The summed E-state index contributed by atoms with van der Waals surface area (Å²) < 4.78 is 2.46. The average molecular weight is 316 g/mol. The second-order valence-corrected chi connectivity index (χ2v) is 7.58. The van der Waals surface area contributed by atoms with Gasteiger partial charge >= 0.3 is 0 Å². The van der Waals surface area contributed by atoms with Crippen molar-refractivity contribution in [3.8, 4) is 0 Å². The van der Waals surface area contributed by atoms with Gasteiger partial charge in [0.2, 0.25) is 0 Å². The van der Waals surface area contributed by atoms with Crippen LogP contribution in [0.25, 0.3) is 11.2 Å². The van der Waals surface area contributed by atoms with E-state index in [1.807, 2.05) is 12.3 Å². The number of fused-ring (bicyclic) bond motifs is 1. The van der Waals surface area contributed by atoms with E-state index in [2.05, 4.69) is 39.2 Å². The number of nitrogens with zero attached hydrogens (tertiary/aromatic N) is 4. The van der Waals surface area contributed by atoms with Crippen molar-refractivity contribution in [3.05, 3.63) is 24.2 Å². The predicted molar refractivity (Wildman–Crippen MR) is 92.1 cm³/mol. The van der Waals surface area contributed by atoms with E-state index in [1.165, 1.54) is 50.2 Å². The molecule has 0 aromatic carbocycles. The van der Waals surface area contributed by atoms with Crippen LogP contribution in [0.5, 0.6) is 0 Å². The minimum atomic E-state index is 0.467. The second kappa shape index (κ2) is 6.20. The first-order chi connectivity index (χ1) is 10.9. The highest BCUT2D eigenvalue weighted by atomic mass is 32.2. The van der Waals surface area contributed by atoms with E-state index in [0.717, 1.165) is 17.7 Å². The van der Waals surface area contributed by atoms with Crippen molar-refractivity contribution in [2.75, 3.05) is 18.8 Å². The maximum Gasteiger partial charge on any atom is 0.161 e. The quantitative estimate of drug-likeness (QED) is 0.857. The minimum Gasteiger partial charge on any atom is -0.299 e. The molecule has 0 N–H and O–H groups in total. The summed E-state index contributed by atoms with van der Waals surface area (Å²) in [5, 5.41) is 0.524. The predicted octanol–water partition coefficient (Wildman–Crippen LogP) is 4.00. The number of thioether (sulfide) groups is 1. The number of hydrogen-bond donors (Lipinski definition) is 0. The molecule has 4 nitrogen and oxygen atoms in total. The van der Waals surface area contributed by atoms with Gasteiger partial charge in [-0.2, -0.15) is 0 Å². The second-order valence-electron chi connectivity index (χ2n) is 6.29. The van der Waals surface area contributed by atoms with Crippen LogP contribution < -0.4 is 0 Å². The number of likely N-dealkylation sites (tertiary alicyclic amines) is 1. The van der Waals surface area contributed by atoms with Crippen molar-refractivity contribution < 1.29 is 0 Å². The molecule has 4 rings (SSSR count). The Bertz CT molecular complexity index is 647. The number of aromatic nitrogens is 3. The molecule has 0 spiro atoms. The van der Waals surface area contributed by atoms with Crippen LogP contribution in [-0.4, -0.2) is 38.3 Å². The Kier molecular flexibility index (Phi) is 4.09. The molecule has 2 aliphatic rings. The fourth-order valence-corrected chi connectivity index (χ4v) is 5.19. The SMILES string of the molecule is CCN1CCCCC1c1nc2cccnc2n1C1CCCS1. The van der Waals surface area contributed by atoms with Gasteiger partial charge in [0.15, 0.2) is 5.65 Å². The molecule has 0 saturated carbocycles. The smallest absolute Gasteiger partial charge is 0.161 e. The van der Waals surface area contributed by atoms with Gasteiger partial charge in [-0.1, -0.05) is 13.3 Å². The molecule has 22 heavy (non-hydrogen) atoms. The number of pyridine rings is 1. The lowest BCUT2D eigenvalue weighted by Crippen LogP contribution is -2.35. The highest BCUT2D eigenvalue weighted by Gasteiger charge is 2.31. The summed E-state index contributed by atoms with van der Waals surface area (Å²) in [6.07, 6.45) is 8.33. The van der Waals surface area contributed by atoms with Crippen molar-refractivity contribution in [2.45, 2.75) is 50.4 Å². The van der Waals surface area contributed by atoms with E-state index in [0.29, 0.717) is 11.4 Å². The number of piperidine rings is 1. The van der Waals surface area contributed by atoms with Crippen molar-refractivity contribution in [2.24, 2.45) is 0 Å². The highest BCUT2D eigenvalue weighted by Crippen LogP contribution is 2.41. The molecule has 2 aromatic rings. The van der Waals surface area contributed by atoms with Gasteiger partial charge in [0.25, 0.3) is 0 Å². The van der Waals surface area contributed by atoms with Crippen LogP contribution in [0.15, 0.2) is 18.3 Å². The van der Waals surface area contributed by atoms with Gasteiger partial charge in [-0.15, -0.1) is 11.8 Å². The lowest BCUT2D eigenvalue weighted by atomic mass is 10.0. The summed E-state index contributed by atoms with van der Waals surface area (Å²) in [5.41, 5.74) is 2.14. The van der Waals surface area contributed by atoms with Gasteiger partial charge in [-0.25, -0.2) is 9.97 Å². The Hall–Kier alpha value is -1.07. The first-order valence-electron chi connectivity index (χ1n) is 8.57. The Morgan fingerprint density at radius 3 is 3.05 bits per heavy atom. The van der Waals surface area contributed by atoms with E-state index < -0.39 is 0 Å². The molecular formula is C17H24N4S. The van der Waals surface area contributed by atoms with Crippen LogP contribution >= 0.6 is 11.8 Å². The average Bonchev–Trinajstić information content (AvgIpc) is 3.21. The molecule has 2 aromatic heterocycles. The minimum absolute atomic E-state index is 0.467. The van der Waals surface area contributed by atoms with Gasteiger partial charge in [0, 0.05) is 6.20 Å². The molecule has 118 valence electrons. The largest absolute Gasteiger partial charge is 0.299 e. The summed E-state index contributed by atoms with van der Waals surface area (Å²) in [4.78, 5) is 12.3. The third-order valence-corrected chi connectivity index (χ3v) is 6.34. The molecule has 2 aliphatic heterocycles. The van der Waals surface area contributed by atoms with Crippen LogP contribution in [0, 0.1) is 0 Å². The number of rotatable bonds is 3. The van der Waals surface area contributed by atoms with Gasteiger partial charge < -0.3 is 0 Å². The van der Waals surface area contributed by atoms with E-state index in [1.54, 1.807) is 0 Å². The molecule has 0 radical (unpaired) electrons. The molecule has 2 fully saturated rings. The molecule has 5 heteroatoms. The molecular weight excluding hydrogens is 292 g/mol. The zero-order valence-corrected chi connectivity index (χ0v) is 14.1. The summed E-state index contributed by atoms with van der Waals surface area (Å²) >= 11 is 2.07. The normalized spacial score (nSPS) is 26.8. The molecule has 0 amide bonds. The van der Waals surface area contributed by atoms with E-state index >= 15 is 0 Å². The maximum atomic E-state index is 5.02. The number of imidazole rings is 1. The summed E-state index contributed by atoms with van der Waals surface area (Å²) in [6, 6.07) is 4.58.